The Balaban J connectivity index is 1.96. The van der Waals surface area contributed by atoms with Gasteiger partial charge in [0.2, 0.25) is 10.0 Å². The lowest BCUT2D eigenvalue weighted by Crippen LogP contribution is -2.50. The summed E-state index contributed by atoms with van der Waals surface area (Å²) in [4.78, 5) is 14.5. The van der Waals surface area contributed by atoms with Gasteiger partial charge in [-0.15, -0.1) is 0 Å². The molecule has 0 N–H and O–H groups in total. The maximum Gasteiger partial charge on any atom is 0.213 e. The van der Waals surface area contributed by atoms with Crippen LogP contribution in [0.25, 0.3) is 0 Å². The lowest BCUT2D eigenvalue weighted by Gasteiger charge is -2.33. The minimum Gasteiger partial charge on any atom is -0.293 e. The molecule has 6 heteroatoms. The first-order valence-corrected chi connectivity index (χ1v) is 9.25. The Morgan fingerprint density at radius 1 is 1.14 bits per heavy atom. The highest BCUT2D eigenvalue weighted by molar-refractivity contribution is 7.89. The lowest BCUT2D eigenvalue weighted by atomic mass is 10.0. The molecule has 0 spiro atoms. The molecule has 1 fully saturated rings. The molecule has 1 aromatic carbocycles. The summed E-state index contributed by atoms with van der Waals surface area (Å²) in [6.45, 7) is 8.08. The number of sulfonamides is 1. The molecule has 0 radical (unpaired) electrons. The van der Waals surface area contributed by atoms with E-state index in [-0.39, 0.29) is 11.5 Å². The van der Waals surface area contributed by atoms with Crippen LogP contribution in [0.5, 0.6) is 0 Å². The third-order valence-corrected chi connectivity index (χ3v) is 6.03. The van der Waals surface area contributed by atoms with Crippen LogP contribution in [-0.4, -0.2) is 61.9 Å². The summed E-state index contributed by atoms with van der Waals surface area (Å²) in [6, 6.07) is 5.89. The number of benzene rings is 1. The molecule has 1 heterocycles. The van der Waals surface area contributed by atoms with Crippen LogP contribution in [0.4, 0.5) is 0 Å². The molecule has 22 heavy (non-hydrogen) atoms. The third kappa shape index (κ3) is 3.94. The van der Waals surface area contributed by atoms with E-state index in [1.165, 1.54) is 4.31 Å². The highest BCUT2D eigenvalue weighted by atomic mass is 32.2. The number of ketones is 1. The smallest absolute Gasteiger partial charge is 0.213 e. The Kier molecular flexibility index (Phi) is 5.36. The molecule has 1 aliphatic heterocycles. The summed E-state index contributed by atoms with van der Waals surface area (Å²) in [7, 11) is -3.12. The van der Waals surface area contributed by atoms with E-state index < -0.39 is 10.0 Å². The van der Waals surface area contributed by atoms with E-state index in [9.17, 15) is 13.2 Å². The number of Topliss-reactive ketones (excluding diaryl/α,β-unsaturated/α-hetero) is 1. The van der Waals surface area contributed by atoms with Crippen molar-refractivity contribution in [1.82, 2.24) is 9.21 Å². The van der Waals surface area contributed by atoms with Gasteiger partial charge in [-0.2, -0.15) is 4.31 Å². The summed E-state index contributed by atoms with van der Waals surface area (Å²) in [5.74, 6) is 0.238. The summed E-state index contributed by atoms with van der Waals surface area (Å²) in [5, 5.41) is 0. The Labute approximate surface area is 133 Å². The molecule has 0 atom stereocenters. The number of aryl methyl sites for hydroxylation is 2. The van der Waals surface area contributed by atoms with Gasteiger partial charge in [0.15, 0.2) is 5.78 Å². The van der Waals surface area contributed by atoms with Crippen molar-refractivity contribution in [2.75, 3.05) is 38.5 Å². The average molecular weight is 324 g/mol. The topological polar surface area (TPSA) is 57.7 Å². The van der Waals surface area contributed by atoms with Crippen LogP contribution in [0.1, 0.15) is 28.4 Å². The predicted octanol–water partition coefficient (Wildman–Crippen LogP) is 1.45. The Morgan fingerprint density at radius 2 is 1.77 bits per heavy atom. The van der Waals surface area contributed by atoms with Crippen molar-refractivity contribution < 1.29 is 13.2 Å². The summed E-state index contributed by atoms with van der Waals surface area (Å²) in [6.07, 6.45) is 0. The first-order chi connectivity index (χ1) is 10.3. The van der Waals surface area contributed by atoms with E-state index in [2.05, 4.69) is 0 Å². The number of carbonyl (C=O) groups excluding carboxylic acids is 1. The van der Waals surface area contributed by atoms with E-state index in [1.54, 1.807) is 6.92 Å². The number of nitrogens with zero attached hydrogens (tertiary/aromatic N) is 2. The van der Waals surface area contributed by atoms with Crippen molar-refractivity contribution in [2.45, 2.75) is 20.8 Å². The van der Waals surface area contributed by atoms with Crippen molar-refractivity contribution >= 4 is 15.8 Å². The normalized spacial score (nSPS) is 17.6. The molecule has 1 aliphatic rings. The van der Waals surface area contributed by atoms with Crippen molar-refractivity contribution in [3.8, 4) is 0 Å². The van der Waals surface area contributed by atoms with Gasteiger partial charge in [-0.1, -0.05) is 17.7 Å². The fraction of sp³-hybridized carbons (Fsp3) is 0.562. The molecule has 0 unspecified atom stereocenters. The second-order valence-corrected chi connectivity index (χ2v) is 8.07. The predicted molar refractivity (Wildman–Crippen MR) is 87.7 cm³/mol. The molecule has 5 nitrogen and oxygen atoms in total. The fourth-order valence-corrected chi connectivity index (χ4v) is 3.76. The van der Waals surface area contributed by atoms with Crippen molar-refractivity contribution in [1.29, 1.82) is 0 Å². The first kappa shape index (κ1) is 17.1. The zero-order valence-electron chi connectivity index (χ0n) is 13.5. The molecule has 0 amide bonds. The highest BCUT2D eigenvalue weighted by Gasteiger charge is 2.26. The third-order valence-electron chi connectivity index (χ3n) is 4.15. The Morgan fingerprint density at radius 3 is 2.36 bits per heavy atom. The molecule has 1 saturated heterocycles. The molecule has 0 aliphatic carbocycles. The van der Waals surface area contributed by atoms with Crippen LogP contribution in [0.2, 0.25) is 0 Å². The van der Waals surface area contributed by atoms with Crippen molar-refractivity contribution in [3.63, 3.8) is 0 Å². The summed E-state index contributed by atoms with van der Waals surface area (Å²) < 4.78 is 25.2. The summed E-state index contributed by atoms with van der Waals surface area (Å²) >= 11 is 0. The Hall–Kier alpha value is -1.24. The van der Waals surface area contributed by atoms with Gasteiger partial charge >= 0.3 is 0 Å². The van der Waals surface area contributed by atoms with Gasteiger partial charge in [-0.05, 0) is 32.4 Å². The molecule has 0 bridgehead atoms. The monoisotopic (exact) mass is 324 g/mol. The van der Waals surface area contributed by atoms with E-state index in [0.29, 0.717) is 32.7 Å². The number of piperazine rings is 1. The van der Waals surface area contributed by atoms with Gasteiger partial charge < -0.3 is 0 Å². The van der Waals surface area contributed by atoms with E-state index in [0.717, 1.165) is 16.7 Å². The van der Waals surface area contributed by atoms with Crippen LogP contribution in [0, 0.1) is 13.8 Å². The summed E-state index contributed by atoms with van der Waals surface area (Å²) in [5.41, 5.74) is 2.83. The molecule has 0 saturated carbocycles. The van der Waals surface area contributed by atoms with Crippen molar-refractivity contribution in [2.24, 2.45) is 0 Å². The van der Waals surface area contributed by atoms with Gasteiger partial charge in [0.25, 0.3) is 0 Å². The molecule has 122 valence electrons. The minimum atomic E-state index is -3.12. The van der Waals surface area contributed by atoms with E-state index in [1.807, 2.05) is 36.9 Å². The second-order valence-electron chi connectivity index (χ2n) is 5.82. The molecular formula is C16H24N2O3S. The van der Waals surface area contributed by atoms with Crippen molar-refractivity contribution in [3.05, 3.63) is 34.9 Å². The molecular weight excluding hydrogens is 300 g/mol. The standard InChI is InChI=1S/C16H24N2O3S/c1-4-22(20,21)18-9-7-17(8-10-18)12-16(19)15-11-13(2)5-6-14(15)3/h5-6,11H,4,7-10,12H2,1-3H3. The van der Waals surface area contributed by atoms with E-state index in [4.69, 9.17) is 0 Å². The van der Waals surface area contributed by atoms with Crippen LogP contribution >= 0.6 is 0 Å². The number of hydrogen-bond acceptors (Lipinski definition) is 4. The molecule has 0 aromatic heterocycles. The van der Waals surface area contributed by atoms with Gasteiger partial charge in [0, 0.05) is 31.7 Å². The van der Waals surface area contributed by atoms with Gasteiger partial charge in [-0.3, -0.25) is 9.69 Å². The molecule has 1 aromatic rings. The second kappa shape index (κ2) is 6.89. The lowest BCUT2D eigenvalue weighted by molar-refractivity contribution is 0.0901. The fourth-order valence-electron chi connectivity index (χ4n) is 2.67. The average Bonchev–Trinajstić information content (AvgIpc) is 2.50. The van der Waals surface area contributed by atoms with Crippen LogP contribution in [0.15, 0.2) is 18.2 Å². The first-order valence-electron chi connectivity index (χ1n) is 7.64. The van der Waals surface area contributed by atoms with Gasteiger partial charge in [0.1, 0.15) is 0 Å². The van der Waals surface area contributed by atoms with Crippen LogP contribution in [0.3, 0.4) is 0 Å². The highest BCUT2D eigenvalue weighted by Crippen LogP contribution is 2.13. The van der Waals surface area contributed by atoms with Gasteiger partial charge in [-0.25, -0.2) is 8.42 Å². The van der Waals surface area contributed by atoms with Crippen LogP contribution < -0.4 is 0 Å². The zero-order chi connectivity index (χ0) is 16.3. The zero-order valence-corrected chi connectivity index (χ0v) is 14.3. The van der Waals surface area contributed by atoms with Crippen LogP contribution in [-0.2, 0) is 10.0 Å². The number of carbonyl (C=O) groups is 1. The quantitative estimate of drug-likeness (QED) is 0.769. The largest absolute Gasteiger partial charge is 0.293 e. The van der Waals surface area contributed by atoms with E-state index >= 15 is 0 Å². The number of rotatable bonds is 5. The minimum absolute atomic E-state index is 0.105. The SMILES string of the molecule is CCS(=O)(=O)N1CCN(CC(=O)c2cc(C)ccc2C)CC1. The maximum absolute atomic E-state index is 12.4. The maximum atomic E-state index is 12.4. The molecule has 2 rings (SSSR count). The Bertz CT molecular complexity index is 647. The van der Waals surface area contributed by atoms with Gasteiger partial charge in [0.05, 0.1) is 12.3 Å². The number of hydrogen-bond donors (Lipinski definition) is 0.